The summed E-state index contributed by atoms with van der Waals surface area (Å²) in [6.45, 7) is 2.01. The Hall–Kier alpha value is -1.44. The van der Waals surface area contributed by atoms with E-state index in [0.29, 0.717) is 13.0 Å². The van der Waals surface area contributed by atoms with E-state index in [4.69, 9.17) is 5.14 Å². The maximum absolute atomic E-state index is 12.2. The van der Waals surface area contributed by atoms with Crippen LogP contribution in [0.5, 0.6) is 0 Å². The lowest BCUT2D eigenvalue weighted by molar-refractivity contribution is -0.125. The first-order valence-electron chi connectivity index (χ1n) is 7.52. The topological polar surface area (TPSA) is 92.5 Å². The van der Waals surface area contributed by atoms with Crippen molar-refractivity contribution >= 4 is 15.9 Å². The van der Waals surface area contributed by atoms with Crippen molar-refractivity contribution in [3.63, 3.8) is 0 Å². The van der Waals surface area contributed by atoms with Crippen molar-refractivity contribution in [2.45, 2.75) is 31.8 Å². The molecule has 6 nitrogen and oxygen atoms in total. The molecule has 0 saturated carbocycles. The van der Waals surface area contributed by atoms with Gasteiger partial charge in [0, 0.05) is 13.1 Å². The SMILES string of the molecule is NS(=O)(=O)CCCNC(=O)[C@H]1CCCN1Cc1ccccc1. The number of amides is 1. The molecule has 0 aromatic heterocycles. The molecule has 2 rings (SSSR count). The highest BCUT2D eigenvalue weighted by Gasteiger charge is 2.30. The molecule has 0 unspecified atom stereocenters. The second kappa shape index (κ2) is 7.71. The zero-order valence-corrected chi connectivity index (χ0v) is 13.4. The van der Waals surface area contributed by atoms with Gasteiger partial charge in [0.15, 0.2) is 0 Å². The first-order chi connectivity index (χ1) is 10.5. The fraction of sp³-hybridized carbons (Fsp3) is 0.533. The molecule has 1 aliphatic heterocycles. The van der Waals surface area contributed by atoms with Crippen molar-refractivity contribution in [3.8, 4) is 0 Å². The molecule has 0 spiro atoms. The summed E-state index contributed by atoms with van der Waals surface area (Å²) in [5.41, 5.74) is 1.19. The number of nitrogens with zero attached hydrogens (tertiary/aromatic N) is 1. The average molecular weight is 325 g/mol. The number of hydrogen-bond acceptors (Lipinski definition) is 4. The maximum atomic E-state index is 12.2. The Morgan fingerprint density at radius 1 is 1.32 bits per heavy atom. The average Bonchev–Trinajstić information content (AvgIpc) is 2.92. The Bertz CT molecular complexity index is 589. The normalized spacial score (nSPS) is 19.2. The van der Waals surface area contributed by atoms with Crippen LogP contribution in [0.1, 0.15) is 24.8 Å². The van der Waals surface area contributed by atoms with Gasteiger partial charge in [-0.05, 0) is 31.4 Å². The molecule has 1 aliphatic rings. The van der Waals surface area contributed by atoms with Gasteiger partial charge in [-0.1, -0.05) is 30.3 Å². The summed E-state index contributed by atoms with van der Waals surface area (Å²) in [6, 6.07) is 9.94. The molecule has 3 N–H and O–H groups in total. The summed E-state index contributed by atoms with van der Waals surface area (Å²) in [6.07, 6.45) is 2.19. The van der Waals surface area contributed by atoms with E-state index >= 15 is 0 Å². The fourth-order valence-electron chi connectivity index (χ4n) is 2.73. The predicted octanol–water partition coefficient (Wildman–Crippen LogP) is 0.446. The number of primary sulfonamides is 1. The van der Waals surface area contributed by atoms with Gasteiger partial charge in [-0.15, -0.1) is 0 Å². The molecule has 0 bridgehead atoms. The highest BCUT2D eigenvalue weighted by molar-refractivity contribution is 7.89. The quantitative estimate of drug-likeness (QED) is 0.712. The van der Waals surface area contributed by atoms with E-state index in [0.717, 1.165) is 25.9 Å². The number of hydrogen-bond donors (Lipinski definition) is 2. The maximum Gasteiger partial charge on any atom is 0.237 e. The Balaban J connectivity index is 1.81. The lowest BCUT2D eigenvalue weighted by Gasteiger charge is -2.23. The van der Waals surface area contributed by atoms with Gasteiger partial charge in [-0.2, -0.15) is 0 Å². The number of nitrogens with one attached hydrogen (secondary N) is 1. The van der Waals surface area contributed by atoms with Gasteiger partial charge in [0.25, 0.3) is 0 Å². The summed E-state index contributed by atoms with van der Waals surface area (Å²) < 4.78 is 21.7. The molecule has 1 saturated heterocycles. The van der Waals surface area contributed by atoms with Crippen LogP contribution in [0.3, 0.4) is 0 Å². The molecule has 22 heavy (non-hydrogen) atoms. The molecule has 1 amide bonds. The molecule has 7 heteroatoms. The Morgan fingerprint density at radius 2 is 2.05 bits per heavy atom. The van der Waals surface area contributed by atoms with E-state index in [-0.39, 0.29) is 17.7 Å². The van der Waals surface area contributed by atoms with Crippen LogP contribution in [0.25, 0.3) is 0 Å². The van der Waals surface area contributed by atoms with Gasteiger partial charge < -0.3 is 5.32 Å². The van der Waals surface area contributed by atoms with Gasteiger partial charge in [0.05, 0.1) is 11.8 Å². The molecule has 1 aromatic carbocycles. The van der Waals surface area contributed by atoms with Crippen LogP contribution in [0.15, 0.2) is 30.3 Å². The highest BCUT2D eigenvalue weighted by atomic mass is 32.2. The zero-order chi connectivity index (χ0) is 16.0. The summed E-state index contributed by atoms with van der Waals surface area (Å²) in [5, 5.41) is 7.75. The van der Waals surface area contributed by atoms with Crippen LogP contribution >= 0.6 is 0 Å². The molecular weight excluding hydrogens is 302 g/mol. The lowest BCUT2D eigenvalue weighted by Crippen LogP contribution is -2.43. The van der Waals surface area contributed by atoms with Gasteiger partial charge in [0.2, 0.25) is 15.9 Å². The molecular formula is C15H23N3O3S. The smallest absolute Gasteiger partial charge is 0.237 e. The van der Waals surface area contributed by atoms with Gasteiger partial charge >= 0.3 is 0 Å². The summed E-state index contributed by atoms with van der Waals surface area (Å²) in [7, 11) is -3.45. The molecule has 0 aliphatic carbocycles. The fourth-order valence-corrected chi connectivity index (χ4v) is 3.28. The van der Waals surface area contributed by atoms with Gasteiger partial charge in [-0.3, -0.25) is 9.69 Å². The third-order valence-electron chi connectivity index (χ3n) is 3.80. The number of rotatable bonds is 7. The molecule has 1 aromatic rings. The monoisotopic (exact) mass is 325 g/mol. The van der Waals surface area contributed by atoms with Crippen LogP contribution in [0.2, 0.25) is 0 Å². The summed E-state index contributed by atoms with van der Waals surface area (Å²) in [4.78, 5) is 14.4. The first-order valence-corrected chi connectivity index (χ1v) is 9.23. The van der Waals surface area contributed by atoms with Crippen LogP contribution in [-0.4, -0.2) is 44.1 Å². The second-order valence-corrected chi connectivity index (χ2v) is 7.36. The van der Waals surface area contributed by atoms with E-state index in [1.807, 2.05) is 18.2 Å². The first kappa shape index (κ1) is 16.9. The van der Waals surface area contributed by atoms with E-state index in [2.05, 4.69) is 22.3 Å². The highest BCUT2D eigenvalue weighted by Crippen LogP contribution is 2.20. The van der Waals surface area contributed by atoms with E-state index in [1.165, 1.54) is 5.56 Å². The summed E-state index contributed by atoms with van der Waals surface area (Å²) in [5.74, 6) is -0.131. The van der Waals surface area contributed by atoms with Gasteiger partial charge in [-0.25, -0.2) is 13.6 Å². The number of nitrogens with two attached hydrogens (primary N) is 1. The number of benzene rings is 1. The van der Waals surface area contributed by atoms with Crippen LogP contribution in [0, 0.1) is 0 Å². The van der Waals surface area contributed by atoms with Crippen LogP contribution < -0.4 is 10.5 Å². The number of carbonyl (C=O) groups excluding carboxylic acids is 1. The number of likely N-dealkylation sites (tertiary alicyclic amines) is 1. The Kier molecular flexibility index (Phi) is 5.93. The lowest BCUT2D eigenvalue weighted by atomic mass is 10.1. The predicted molar refractivity (Wildman–Crippen MR) is 85.5 cm³/mol. The Morgan fingerprint density at radius 3 is 2.73 bits per heavy atom. The minimum Gasteiger partial charge on any atom is -0.355 e. The van der Waals surface area contributed by atoms with Crippen molar-refractivity contribution in [2.75, 3.05) is 18.8 Å². The largest absolute Gasteiger partial charge is 0.355 e. The molecule has 1 atom stereocenters. The van der Waals surface area contributed by atoms with Crippen molar-refractivity contribution in [1.82, 2.24) is 10.2 Å². The van der Waals surface area contributed by atoms with Crippen LogP contribution in [-0.2, 0) is 21.4 Å². The van der Waals surface area contributed by atoms with Crippen molar-refractivity contribution in [1.29, 1.82) is 0 Å². The van der Waals surface area contributed by atoms with Crippen molar-refractivity contribution in [3.05, 3.63) is 35.9 Å². The van der Waals surface area contributed by atoms with Gasteiger partial charge in [0.1, 0.15) is 0 Å². The second-order valence-electron chi connectivity index (χ2n) is 5.63. The third-order valence-corrected chi connectivity index (χ3v) is 4.66. The minimum absolute atomic E-state index is 0.0251. The Labute approximate surface area is 131 Å². The third kappa shape index (κ3) is 5.40. The molecule has 0 radical (unpaired) electrons. The van der Waals surface area contributed by atoms with Crippen molar-refractivity contribution < 1.29 is 13.2 Å². The van der Waals surface area contributed by atoms with Crippen molar-refractivity contribution in [2.24, 2.45) is 5.14 Å². The number of carbonyl (C=O) groups is 1. The molecule has 1 heterocycles. The zero-order valence-electron chi connectivity index (χ0n) is 12.6. The van der Waals surface area contributed by atoms with Crippen LogP contribution in [0.4, 0.5) is 0 Å². The standard InChI is InChI=1S/C15H23N3O3S/c16-22(20,21)11-5-9-17-15(19)14-8-4-10-18(14)12-13-6-2-1-3-7-13/h1-3,6-7,14H,4-5,8-12H2,(H,17,19)(H2,16,20,21)/t14-/m1/s1. The number of sulfonamides is 1. The van der Waals surface area contributed by atoms with E-state index in [1.54, 1.807) is 0 Å². The molecule has 122 valence electrons. The van der Waals surface area contributed by atoms with E-state index in [9.17, 15) is 13.2 Å². The summed E-state index contributed by atoms with van der Waals surface area (Å²) >= 11 is 0. The minimum atomic E-state index is -3.45. The van der Waals surface area contributed by atoms with E-state index < -0.39 is 10.0 Å². The molecule has 1 fully saturated rings.